The number of para-hydroxylation sites is 1. The first-order valence-electron chi connectivity index (χ1n) is 9.51. The van der Waals surface area contributed by atoms with Gasteiger partial charge < -0.3 is 19.5 Å². The van der Waals surface area contributed by atoms with E-state index in [1.54, 1.807) is 57.2 Å². The Balaban J connectivity index is 1.70. The van der Waals surface area contributed by atoms with Crippen molar-refractivity contribution in [2.45, 2.75) is 38.9 Å². The molecule has 3 rings (SSSR count). The Morgan fingerprint density at radius 1 is 1.23 bits per heavy atom. The molecule has 0 aliphatic carbocycles. The number of ether oxygens (including phenoxy) is 3. The Morgan fingerprint density at radius 3 is 2.73 bits per heavy atom. The average Bonchev–Trinajstić information content (AvgIpc) is 2.65. The highest BCUT2D eigenvalue weighted by Crippen LogP contribution is 2.42. The van der Waals surface area contributed by atoms with E-state index in [-0.39, 0.29) is 25.4 Å². The summed E-state index contributed by atoms with van der Waals surface area (Å²) >= 11 is 12.3. The zero-order chi connectivity index (χ0) is 21.9. The van der Waals surface area contributed by atoms with Gasteiger partial charge in [0.2, 0.25) is 0 Å². The molecule has 0 fully saturated rings. The Bertz CT molecular complexity index is 955. The maximum absolute atomic E-state index is 12.6. The van der Waals surface area contributed by atoms with Gasteiger partial charge in [-0.05, 0) is 45.0 Å². The van der Waals surface area contributed by atoms with E-state index in [0.717, 1.165) is 0 Å². The minimum Gasteiger partial charge on any atom is -0.491 e. The number of hydrogen-bond acceptors (Lipinski definition) is 5. The van der Waals surface area contributed by atoms with Crippen molar-refractivity contribution < 1.29 is 23.8 Å². The summed E-state index contributed by atoms with van der Waals surface area (Å²) in [5.74, 6) is 0.783. The molecule has 0 bridgehead atoms. The highest BCUT2D eigenvalue weighted by atomic mass is 35.5. The number of hydrogen-bond donors (Lipinski definition) is 1. The van der Waals surface area contributed by atoms with Crippen LogP contribution in [0, 0.1) is 0 Å². The second-order valence-corrected chi connectivity index (χ2v) is 8.65. The molecule has 8 heteroatoms. The number of rotatable bonds is 5. The standard InChI is InChI=1S/C22H23Cl2NO5/c1-22(2,3)30-21(27)25-9-10-28-18-11-13(23)7-8-15(18)19-12-17(26)14-5-4-6-16(24)20(14)29-19/h4-8,11,19H,9-10,12H2,1-3H3,(H,25,27). The van der Waals surface area contributed by atoms with E-state index >= 15 is 0 Å². The monoisotopic (exact) mass is 451 g/mol. The van der Waals surface area contributed by atoms with Crippen LogP contribution in [-0.4, -0.2) is 30.6 Å². The summed E-state index contributed by atoms with van der Waals surface area (Å²) in [7, 11) is 0. The normalized spacial score (nSPS) is 15.8. The molecule has 0 saturated carbocycles. The van der Waals surface area contributed by atoms with Gasteiger partial charge in [-0.15, -0.1) is 0 Å². The average molecular weight is 452 g/mol. The highest BCUT2D eigenvalue weighted by Gasteiger charge is 2.31. The van der Waals surface area contributed by atoms with E-state index in [2.05, 4.69) is 5.32 Å². The van der Waals surface area contributed by atoms with Crippen LogP contribution in [0.5, 0.6) is 11.5 Å². The molecule has 0 radical (unpaired) electrons. The first kappa shape index (κ1) is 22.2. The van der Waals surface area contributed by atoms with Gasteiger partial charge in [0.15, 0.2) is 5.78 Å². The first-order chi connectivity index (χ1) is 14.1. The van der Waals surface area contributed by atoms with Crippen molar-refractivity contribution >= 4 is 35.1 Å². The van der Waals surface area contributed by atoms with Crippen LogP contribution in [0.2, 0.25) is 10.0 Å². The van der Waals surface area contributed by atoms with Crippen molar-refractivity contribution in [3.05, 3.63) is 57.6 Å². The fourth-order valence-electron chi connectivity index (χ4n) is 3.01. The number of alkyl carbamates (subject to hydrolysis) is 1. The van der Waals surface area contributed by atoms with Crippen molar-refractivity contribution in [3.8, 4) is 11.5 Å². The largest absolute Gasteiger partial charge is 0.491 e. The fraction of sp³-hybridized carbons (Fsp3) is 0.364. The minimum atomic E-state index is -0.576. The minimum absolute atomic E-state index is 0.0590. The molecule has 1 N–H and O–H groups in total. The maximum atomic E-state index is 12.6. The number of halogens is 2. The number of ketones is 1. The summed E-state index contributed by atoms with van der Waals surface area (Å²) in [4.78, 5) is 24.3. The molecule has 160 valence electrons. The number of amides is 1. The lowest BCUT2D eigenvalue weighted by atomic mass is 9.96. The predicted molar refractivity (Wildman–Crippen MR) is 115 cm³/mol. The molecule has 30 heavy (non-hydrogen) atoms. The molecule has 0 aromatic heterocycles. The zero-order valence-electron chi connectivity index (χ0n) is 17.0. The number of carbonyl (C=O) groups is 2. The number of nitrogens with one attached hydrogen (secondary N) is 1. The fourth-order valence-corrected chi connectivity index (χ4v) is 3.39. The van der Waals surface area contributed by atoms with Gasteiger partial charge in [0.05, 0.1) is 23.6 Å². The third kappa shape index (κ3) is 5.58. The van der Waals surface area contributed by atoms with Crippen LogP contribution >= 0.6 is 23.2 Å². The second-order valence-electron chi connectivity index (χ2n) is 7.81. The number of Topliss-reactive ketones (excluding diaryl/α,β-unsaturated/α-hetero) is 1. The van der Waals surface area contributed by atoms with E-state index < -0.39 is 17.8 Å². The van der Waals surface area contributed by atoms with E-state index in [1.165, 1.54) is 0 Å². The highest BCUT2D eigenvalue weighted by molar-refractivity contribution is 6.32. The quantitative estimate of drug-likeness (QED) is 0.598. The molecule has 1 atom stereocenters. The Morgan fingerprint density at radius 2 is 2.00 bits per heavy atom. The molecule has 1 aliphatic heterocycles. The van der Waals surface area contributed by atoms with Gasteiger partial charge in [0.1, 0.15) is 29.8 Å². The summed E-state index contributed by atoms with van der Waals surface area (Å²) in [5.41, 5.74) is 0.570. The van der Waals surface area contributed by atoms with Gasteiger partial charge in [-0.1, -0.05) is 35.3 Å². The van der Waals surface area contributed by atoms with Crippen molar-refractivity contribution in [1.82, 2.24) is 5.32 Å². The first-order valence-corrected chi connectivity index (χ1v) is 10.3. The van der Waals surface area contributed by atoms with Crippen LogP contribution in [0.15, 0.2) is 36.4 Å². The van der Waals surface area contributed by atoms with Gasteiger partial charge in [-0.3, -0.25) is 4.79 Å². The third-order valence-corrected chi connectivity index (χ3v) is 4.78. The molecule has 2 aromatic carbocycles. The maximum Gasteiger partial charge on any atom is 0.407 e. The summed E-state index contributed by atoms with van der Waals surface area (Å²) in [5, 5.41) is 3.49. The molecule has 0 spiro atoms. The van der Waals surface area contributed by atoms with Crippen LogP contribution in [-0.2, 0) is 4.74 Å². The molecule has 0 saturated heterocycles. The van der Waals surface area contributed by atoms with Crippen molar-refractivity contribution in [1.29, 1.82) is 0 Å². The number of fused-ring (bicyclic) bond motifs is 1. The van der Waals surface area contributed by atoms with Gasteiger partial charge in [-0.25, -0.2) is 4.79 Å². The Labute approximate surface area is 185 Å². The van der Waals surface area contributed by atoms with Crippen LogP contribution < -0.4 is 14.8 Å². The van der Waals surface area contributed by atoms with Crippen LogP contribution in [0.25, 0.3) is 0 Å². The molecule has 1 unspecified atom stereocenters. The summed E-state index contributed by atoms with van der Waals surface area (Å²) in [6.07, 6.45) is -0.928. The van der Waals surface area contributed by atoms with Crippen LogP contribution in [0.1, 0.15) is 49.2 Å². The van der Waals surface area contributed by atoms with Crippen molar-refractivity contribution in [3.63, 3.8) is 0 Å². The van der Waals surface area contributed by atoms with Gasteiger partial charge in [-0.2, -0.15) is 0 Å². The smallest absolute Gasteiger partial charge is 0.407 e. The molecule has 6 nitrogen and oxygen atoms in total. The predicted octanol–water partition coefficient (Wildman–Crippen LogP) is 5.60. The second kappa shape index (κ2) is 9.14. The lowest BCUT2D eigenvalue weighted by molar-refractivity contribution is 0.0519. The molecule has 2 aromatic rings. The summed E-state index contributed by atoms with van der Waals surface area (Å²) in [6.45, 7) is 5.79. The Kier molecular flexibility index (Phi) is 6.78. The van der Waals surface area contributed by atoms with E-state index in [0.29, 0.717) is 32.7 Å². The third-order valence-electron chi connectivity index (χ3n) is 4.25. The SMILES string of the molecule is CC(C)(C)OC(=O)NCCOc1cc(Cl)ccc1C1CC(=O)c2cccc(Cl)c2O1. The topological polar surface area (TPSA) is 73.9 Å². The lowest BCUT2D eigenvalue weighted by Gasteiger charge is -2.27. The Hall–Kier alpha value is -2.44. The van der Waals surface area contributed by atoms with E-state index in [4.69, 9.17) is 37.4 Å². The van der Waals surface area contributed by atoms with Crippen LogP contribution in [0.3, 0.4) is 0 Å². The van der Waals surface area contributed by atoms with E-state index in [9.17, 15) is 9.59 Å². The summed E-state index contributed by atoms with van der Waals surface area (Å²) in [6, 6.07) is 10.2. The summed E-state index contributed by atoms with van der Waals surface area (Å²) < 4.78 is 17.0. The van der Waals surface area contributed by atoms with Gasteiger partial charge >= 0.3 is 6.09 Å². The molecule has 1 heterocycles. The number of benzene rings is 2. The lowest BCUT2D eigenvalue weighted by Crippen LogP contribution is -2.34. The van der Waals surface area contributed by atoms with Crippen LogP contribution in [0.4, 0.5) is 4.79 Å². The van der Waals surface area contributed by atoms with Gasteiger partial charge in [0, 0.05) is 10.6 Å². The number of carbonyl (C=O) groups excluding carboxylic acids is 2. The van der Waals surface area contributed by atoms with Crippen molar-refractivity contribution in [2.24, 2.45) is 0 Å². The van der Waals surface area contributed by atoms with E-state index in [1.807, 2.05) is 0 Å². The molecular formula is C22H23Cl2NO5. The zero-order valence-corrected chi connectivity index (χ0v) is 18.5. The van der Waals surface area contributed by atoms with Gasteiger partial charge in [0.25, 0.3) is 0 Å². The molecular weight excluding hydrogens is 429 g/mol. The van der Waals surface area contributed by atoms with Crippen molar-refractivity contribution in [2.75, 3.05) is 13.2 Å². The molecule has 1 aliphatic rings. The molecule has 1 amide bonds.